The molecular weight excluding hydrogens is 295 g/mol. The maximum atomic E-state index is 12.7. The number of rotatable bonds is 5. The van der Waals surface area contributed by atoms with Crippen molar-refractivity contribution in [3.8, 4) is 10.4 Å². The van der Waals surface area contributed by atoms with Gasteiger partial charge < -0.3 is 5.32 Å². The summed E-state index contributed by atoms with van der Waals surface area (Å²) in [6.07, 6.45) is -3.25. The summed E-state index contributed by atoms with van der Waals surface area (Å²) in [5.41, 5.74) is 0.0101. The van der Waals surface area contributed by atoms with Crippen LogP contribution in [0.2, 0.25) is 0 Å². The average Bonchev–Trinajstić information content (AvgIpc) is 2.94. The van der Waals surface area contributed by atoms with E-state index in [4.69, 9.17) is 0 Å². The van der Waals surface area contributed by atoms with E-state index in [2.05, 4.69) is 19.2 Å². The van der Waals surface area contributed by atoms with Crippen LogP contribution >= 0.6 is 11.3 Å². The lowest BCUT2D eigenvalue weighted by molar-refractivity contribution is -0.137. The lowest BCUT2D eigenvalue weighted by atomic mass is 10.1. The number of hydrogen-bond acceptors (Lipinski definition) is 2. The number of halogens is 3. The van der Waals surface area contributed by atoms with Gasteiger partial charge >= 0.3 is 6.18 Å². The monoisotopic (exact) mass is 313 g/mol. The van der Waals surface area contributed by atoms with Crippen molar-refractivity contribution < 1.29 is 13.2 Å². The van der Waals surface area contributed by atoms with Crippen LogP contribution in [0.25, 0.3) is 10.4 Å². The molecule has 1 nitrogen and oxygen atoms in total. The predicted octanol–water partition coefficient (Wildman–Crippen LogP) is 5.49. The summed E-state index contributed by atoms with van der Waals surface area (Å²) in [6, 6.07) is 9.57. The molecule has 2 aromatic rings. The van der Waals surface area contributed by atoms with Crippen molar-refractivity contribution in [2.45, 2.75) is 32.5 Å². The molecule has 5 heteroatoms. The molecule has 0 amide bonds. The molecule has 0 saturated carbocycles. The van der Waals surface area contributed by atoms with E-state index in [1.165, 1.54) is 23.5 Å². The van der Waals surface area contributed by atoms with Gasteiger partial charge in [-0.15, -0.1) is 11.3 Å². The number of benzene rings is 1. The van der Waals surface area contributed by atoms with Gasteiger partial charge in [0, 0.05) is 15.8 Å². The molecule has 1 aromatic heterocycles. The molecule has 0 aliphatic heterocycles. The maximum Gasteiger partial charge on any atom is 0.416 e. The minimum atomic E-state index is -4.30. The molecule has 1 unspecified atom stereocenters. The van der Waals surface area contributed by atoms with E-state index >= 15 is 0 Å². The number of nitrogens with one attached hydrogen (secondary N) is 1. The minimum absolute atomic E-state index is 0.217. The van der Waals surface area contributed by atoms with Gasteiger partial charge in [-0.25, -0.2) is 0 Å². The molecule has 21 heavy (non-hydrogen) atoms. The molecule has 1 heterocycles. The summed E-state index contributed by atoms with van der Waals surface area (Å²) in [5.74, 6) is 0. The van der Waals surface area contributed by atoms with Gasteiger partial charge in [0.2, 0.25) is 0 Å². The Morgan fingerprint density at radius 2 is 1.95 bits per heavy atom. The zero-order valence-electron chi connectivity index (χ0n) is 12.0. The fourth-order valence-electron chi connectivity index (χ4n) is 2.05. The minimum Gasteiger partial charge on any atom is -0.309 e. The molecule has 0 radical (unpaired) electrons. The van der Waals surface area contributed by atoms with Gasteiger partial charge in [-0.1, -0.05) is 19.1 Å². The van der Waals surface area contributed by atoms with Gasteiger partial charge in [-0.2, -0.15) is 13.2 Å². The Labute approximate surface area is 126 Å². The number of alkyl halides is 3. The highest BCUT2D eigenvalue weighted by atomic mass is 32.1. The average molecular weight is 313 g/mol. The Morgan fingerprint density at radius 1 is 1.19 bits per heavy atom. The van der Waals surface area contributed by atoms with E-state index in [9.17, 15) is 13.2 Å². The van der Waals surface area contributed by atoms with Gasteiger partial charge in [0.05, 0.1) is 5.56 Å². The van der Waals surface area contributed by atoms with Crippen LogP contribution in [0.3, 0.4) is 0 Å². The molecule has 1 N–H and O–H groups in total. The van der Waals surface area contributed by atoms with Gasteiger partial charge in [0.1, 0.15) is 0 Å². The van der Waals surface area contributed by atoms with E-state index in [-0.39, 0.29) is 6.04 Å². The van der Waals surface area contributed by atoms with Crippen LogP contribution in [0.4, 0.5) is 13.2 Å². The Hall–Kier alpha value is -1.33. The first-order chi connectivity index (χ1) is 9.91. The highest BCUT2D eigenvalue weighted by molar-refractivity contribution is 7.15. The van der Waals surface area contributed by atoms with Crippen LogP contribution in [0.5, 0.6) is 0 Å². The molecule has 0 aliphatic carbocycles. The van der Waals surface area contributed by atoms with Crippen molar-refractivity contribution in [1.29, 1.82) is 0 Å². The second-order valence-electron chi connectivity index (χ2n) is 4.96. The third kappa shape index (κ3) is 4.08. The molecule has 0 bridgehead atoms. The summed E-state index contributed by atoms with van der Waals surface area (Å²) in [6.45, 7) is 5.09. The Kier molecular flexibility index (Phi) is 5.06. The van der Waals surface area contributed by atoms with Gasteiger partial charge in [-0.3, -0.25) is 0 Å². The van der Waals surface area contributed by atoms with Crippen molar-refractivity contribution in [1.82, 2.24) is 5.32 Å². The zero-order chi connectivity index (χ0) is 15.5. The van der Waals surface area contributed by atoms with E-state index in [0.717, 1.165) is 28.8 Å². The third-order valence-corrected chi connectivity index (χ3v) is 4.55. The van der Waals surface area contributed by atoms with Crippen LogP contribution in [-0.2, 0) is 6.18 Å². The van der Waals surface area contributed by atoms with E-state index in [1.807, 2.05) is 12.1 Å². The van der Waals surface area contributed by atoms with Gasteiger partial charge in [0.15, 0.2) is 0 Å². The highest BCUT2D eigenvalue weighted by Gasteiger charge is 2.30. The summed E-state index contributed by atoms with van der Waals surface area (Å²) >= 11 is 1.53. The standard InChI is InChI=1S/C16H18F3NS/c1-3-9-20-11(2)14-7-8-15(21-14)12-5-4-6-13(10-12)16(17,18)19/h4-8,10-11,20H,3,9H2,1-2H3. The fourth-order valence-corrected chi connectivity index (χ4v) is 3.08. The lowest BCUT2D eigenvalue weighted by Crippen LogP contribution is -2.18. The quantitative estimate of drug-likeness (QED) is 0.769. The van der Waals surface area contributed by atoms with E-state index in [0.29, 0.717) is 5.56 Å². The summed E-state index contributed by atoms with van der Waals surface area (Å²) in [5, 5.41) is 3.38. The molecule has 2 rings (SSSR count). The smallest absolute Gasteiger partial charge is 0.309 e. The Bertz CT molecular complexity index is 589. The molecule has 0 spiro atoms. The molecule has 0 saturated heterocycles. The van der Waals surface area contributed by atoms with Crippen LogP contribution in [-0.4, -0.2) is 6.54 Å². The van der Waals surface area contributed by atoms with Crippen molar-refractivity contribution in [3.63, 3.8) is 0 Å². The first kappa shape index (κ1) is 16.0. The van der Waals surface area contributed by atoms with Crippen molar-refractivity contribution in [3.05, 3.63) is 46.8 Å². The van der Waals surface area contributed by atoms with Crippen molar-refractivity contribution >= 4 is 11.3 Å². The molecule has 0 fully saturated rings. The fraction of sp³-hybridized carbons (Fsp3) is 0.375. The molecule has 1 atom stereocenters. The van der Waals surface area contributed by atoms with Crippen molar-refractivity contribution in [2.75, 3.05) is 6.54 Å². The van der Waals surface area contributed by atoms with Crippen molar-refractivity contribution in [2.24, 2.45) is 0 Å². The van der Waals surface area contributed by atoms with Crippen LogP contribution in [0.1, 0.15) is 36.8 Å². The normalized spacial score (nSPS) is 13.4. The Balaban J connectivity index is 2.22. The maximum absolute atomic E-state index is 12.7. The largest absolute Gasteiger partial charge is 0.416 e. The lowest BCUT2D eigenvalue weighted by Gasteiger charge is -2.10. The number of hydrogen-bond donors (Lipinski definition) is 1. The predicted molar refractivity (Wildman–Crippen MR) is 81.5 cm³/mol. The first-order valence-electron chi connectivity index (χ1n) is 6.92. The number of thiophene rings is 1. The van der Waals surface area contributed by atoms with Crippen LogP contribution in [0, 0.1) is 0 Å². The second kappa shape index (κ2) is 6.62. The molecule has 114 valence electrons. The van der Waals surface area contributed by atoms with E-state index < -0.39 is 11.7 Å². The second-order valence-corrected chi connectivity index (χ2v) is 6.07. The topological polar surface area (TPSA) is 12.0 Å². The Morgan fingerprint density at radius 3 is 2.62 bits per heavy atom. The van der Waals surface area contributed by atoms with Crippen LogP contribution < -0.4 is 5.32 Å². The SMILES string of the molecule is CCCNC(C)c1ccc(-c2cccc(C(F)(F)F)c2)s1. The molecular formula is C16H18F3NS. The first-order valence-corrected chi connectivity index (χ1v) is 7.74. The summed E-state index contributed by atoms with van der Waals surface area (Å²) in [7, 11) is 0. The summed E-state index contributed by atoms with van der Waals surface area (Å²) < 4.78 is 38.2. The summed E-state index contributed by atoms with van der Waals surface area (Å²) in [4.78, 5) is 2.00. The van der Waals surface area contributed by atoms with E-state index in [1.54, 1.807) is 6.07 Å². The van der Waals surface area contributed by atoms with Gasteiger partial charge in [-0.05, 0) is 49.7 Å². The third-order valence-electron chi connectivity index (χ3n) is 3.23. The van der Waals surface area contributed by atoms with Gasteiger partial charge in [0.25, 0.3) is 0 Å². The van der Waals surface area contributed by atoms with Crippen LogP contribution in [0.15, 0.2) is 36.4 Å². The highest BCUT2D eigenvalue weighted by Crippen LogP contribution is 2.35. The molecule has 0 aliphatic rings. The molecule has 1 aromatic carbocycles. The zero-order valence-corrected chi connectivity index (χ0v) is 12.8.